The number of benzene rings is 2. The van der Waals surface area contributed by atoms with Gasteiger partial charge >= 0.3 is 0 Å². The molecule has 6 nitrogen and oxygen atoms in total. The Balaban J connectivity index is 1.69. The largest absolute Gasteiger partial charge is 0.346 e. The average molecular weight is 401 g/mol. The number of hydrogen-bond donors (Lipinski definition) is 1. The molecule has 0 bridgehead atoms. The molecule has 4 aromatic rings. The number of rotatable bonds is 6. The lowest BCUT2D eigenvalue weighted by Crippen LogP contribution is -2.24. The minimum Gasteiger partial charge on any atom is -0.346 e. The number of nitrogens with one attached hydrogen (secondary N) is 1. The van der Waals surface area contributed by atoms with E-state index in [-0.39, 0.29) is 24.0 Å². The van der Waals surface area contributed by atoms with Gasteiger partial charge in [-0.2, -0.15) is 0 Å². The Morgan fingerprint density at radius 2 is 1.80 bits per heavy atom. The molecule has 0 saturated heterocycles. The van der Waals surface area contributed by atoms with Gasteiger partial charge in [-0.15, -0.1) is 5.10 Å². The van der Waals surface area contributed by atoms with Gasteiger partial charge in [0.1, 0.15) is 11.5 Å². The Morgan fingerprint density at radius 1 is 1.03 bits per heavy atom. The van der Waals surface area contributed by atoms with Crippen molar-refractivity contribution in [2.24, 2.45) is 0 Å². The van der Waals surface area contributed by atoms with Crippen molar-refractivity contribution in [1.82, 2.24) is 25.3 Å². The average Bonchev–Trinajstić information content (AvgIpc) is 3.24. The van der Waals surface area contributed by atoms with E-state index >= 15 is 0 Å². The van der Waals surface area contributed by atoms with Gasteiger partial charge in [0.25, 0.3) is 5.91 Å². The monoisotopic (exact) mass is 401 g/mol. The van der Waals surface area contributed by atoms with Crippen LogP contribution in [0, 0.1) is 5.82 Å². The quantitative estimate of drug-likeness (QED) is 0.531. The summed E-state index contributed by atoms with van der Waals surface area (Å²) in [5, 5.41) is 11.3. The van der Waals surface area contributed by atoms with E-state index in [1.807, 2.05) is 36.4 Å². The number of aromatic nitrogens is 4. The maximum absolute atomic E-state index is 13.1. The van der Waals surface area contributed by atoms with Crippen LogP contribution in [0.2, 0.25) is 0 Å². The van der Waals surface area contributed by atoms with Crippen molar-refractivity contribution in [2.75, 3.05) is 0 Å². The van der Waals surface area contributed by atoms with Gasteiger partial charge in [0.2, 0.25) is 0 Å². The molecule has 150 valence electrons. The molecule has 0 aliphatic rings. The summed E-state index contributed by atoms with van der Waals surface area (Å²) >= 11 is 0. The Kier molecular flexibility index (Phi) is 5.61. The summed E-state index contributed by atoms with van der Waals surface area (Å²) in [6.07, 6.45) is 4.21. The van der Waals surface area contributed by atoms with Crippen LogP contribution >= 0.6 is 0 Å². The second-order valence-electron chi connectivity index (χ2n) is 6.77. The van der Waals surface area contributed by atoms with Crippen LogP contribution < -0.4 is 5.32 Å². The predicted octanol–water partition coefficient (Wildman–Crippen LogP) is 3.96. The van der Waals surface area contributed by atoms with Crippen LogP contribution in [0.5, 0.6) is 0 Å². The molecule has 2 aromatic heterocycles. The number of pyridine rings is 1. The number of halogens is 1. The van der Waals surface area contributed by atoms with Crippen molar-refractivity contribution < 1.29 is 9.18 Å². The summed E-state index contributed by atoms with van der Waals surface area (Å²) in [7, 11) is 0. The van der Waals surface area contributed by atoms with E-state index in [2.05, 4.69) is 27.5 Å². The standard InChI is InChI=1S/C23H20FN5O/c1-2-16-4-3-5-20(14-16)29-22(18-10-12-25-13-11-18)21(27-28-29)23(30)26-15-17-6-8-19(24)9-7-17/h3-14H,2,15H2,1H3,(H,26,30). The summed E-state index contributed by atoms with van der Waals surface area (Å²) in [4.78, 5) is 17.0. The summed E-state index contributed by atoms with van der Waals surface area (Å²) < 4.78 is 14.8. The maximum atomic E-state index is 13.1. The topological polar surface area (TPSA) is 72.7 Å². The fourth-order valence-corrected chi connectivity index (χ4v) is 3.16. The highest BCUT2D eigenvalue weighted by atomic mass is 19.1. The van der Waals surface area contributed by atoms with Crippen molar-refractivity contribution in [3.8, 4) is 16.9 Å². The number of nitrogens with zero attached hydrogens (tertiary/aromatic N) is 4. The molecule has 0 aliphatic heterocycles. The normalized spacial score (nSPS) is 10.7. The van der Waals surface area contributed by atoms with Gasteiger partial charge in [-0.1, -0.05) is 36.4 Å². The first-order chi connectivity index (χ1) is 14.7. The molecular weight excluding hydrogens is 381 g/mol. The zero-order valence-electron chi connectivity index (χ0n) is 16.4. The smallest absolute Gasteiger partial charge is 0.274 e. The molecule has 0 radical (unpaired) electrons. The van der Waals surface area contributed by atoms with E-state index in [0.29, 0.717) is 5.69 Å². The van der Waals surface area contributed by atoms with E-state index in [1.165, 1.54) is 12.1 Å². The second-order valence-corrected chi connectivity index (χ2v) is 6.77. The third-order valence-electron chi connectivity index (χ3n) is 4.77. The molecule has 0 spiro atoms. The summed E-state index contributed by atoms with van der Waals surface area (Å²) in [5.74, 6) is -0.675. The first-order valence-corrected chi connectivity index (χ1v) is 9.63. The first kappa shape index (κ1) is 19.4. The zero-order chi connectivity index (χ0) is 20.9. The lowest BCUT2D eigenvalue weighted by molar-refractivity contribution is 0.0946. The lowest BCUT2D eigenvalue weighted by atomic mass is 10.1. The molecule has 7 heteroatoms. The van der Waals surface area contributed by atoms with Crippen LogP contribution in [0.1, 0.15) is 28.5 Å². The molecule has 2 heterocycles. The number of amides is 1. The fraction of sp³-hybridized carbons (Fsp3) is 0.130. The van der Waals surface area contributed by atoms with Crippen LogP contribution in [0.25, 0.3) is 16.9 Å². The molecule has 0 saturated carbocycles. The van der Waals surface area contributed by atoms with Crippen LogP contribution in [0.15, 0.2) is 73.1 Å². The van der Waals surface area contributed by atoms with Crippen LogP contribution in [0.3, 0.4) is 0 Å². The third kappa shape index (κ3) is 4.10. The van der Waals surface area contributed by atoms with Gasteiger partial charge in [0.15, 0.2) is 5.69 Å². The predicted molar refractivity (Wildman–Crippen MR) is 112 cm³/mol. The number of hydrogen-bond acceptors (Lipinski definition) is 4. The van der Waals surface area contributed by atoms with Crippen molar-refractivity contribution in [2.45, 2.75) is 19.9 Å². The van der Waals surface area contributed by atoms with Gasteiger partial charge < -0.3 is 5.32 Å². The van der Waals surface area contributed by atoms with Gasteiger partial charge in [-0.25, -0.2) is 9.07 Å². The van der Waals surface area contributed by atoms with Crippen molar-refractivity contribution in [1.29, 1.82) is 0 Å². The Hall–Kier alpha value is -3.87. The Bertz CT molecular complexity index is 1160. The summed E-state index contributed by atoms with van der Waals surface area (Å²) in [6.45, 7) is 2.34. The molecule has 1 amide bonds. The first-order valence-electron chi connectivity index (χ1n) is 9.63. The summed E-state index contributed by atoms with van der Waals surface area (Å²) in [5.41, 5.74) is 4.35. The molecule has 1 N–H and O–H groups in total. The number of aryl methyl sites for hydroxylation is 1. The lowest BCUT2D eigenvalue weighted by Gasteiger charge is -2.10. The fourth-order valence-electron chi connectivity index (χ4n) is 3.16. The minimum atomic E-state index is -0.357. The van der Waals surface area contributed by atoms with E-state index in [9.17, 15) is 9.18 Å². The Morgan fingerprint density at radius 3 is 2.53 bits per heavy atom. The zero-order valence-corrected chi connectivity index (χ0v) is 16.4. The number of carbonyl (C=O) groups is 1. The van der Waals surface area contributed by atoms with E-state index in [4.69, 9.17) is 0 Å². The van der Waals surface area contributed by atoms with Crippen LogP contribution in [0.4, 0.5) is 4.39 Å². The van der Waals surface area contributed by atoms with Gasteiger partial charge in [0.05, 0.1) is 5.69 Å². The molecule has 0 atom stereocenters. The molecule has 4 rings (SSSR count). The van der Waals surface area contributed by atoms with E-state index in [1.54, 1.807) is 29.2 Å². The van der Waals surface area contributed by atoms with Crippen LogP contribution in [-0.2, 0) is 13.0 Å². The maximum Gasteiger partial charge on any atom is 0.274 e. The number of carbonyl (C=O) groups excluding carboxylic acids is 1. The molecule has 0 unspecified atom stereocenters. The summed E-state index contributed by atoms with van der Waals surface area (Å²) in [6, 6.07) is 17.6. The minimum absolute atomic E-state index is 0.213. The SMILES string of the molecule is CCc1cccc(-n2nnc(C(=O)NCc3ccc(F)cc3)c2-c2ccncc2)c1. The molecular formula is C23H20FN5O. The van der Waals surface area contributed by atoms with Crippen molar-refractivity contribution in [3.63, 3.8) is 0 Å². The van der Waals surface area contributed by atoms with Gasteiger partial charge in [0, 0.05) is 24.5 Å². The van der Waals surface area contributed by atoms with Gasteiger partial charge in [-0.05, 0) is 53.9 Å². The highest BCUT2D eigenvalue weighted by Gasteiger charge is 2.22. The second kappa shape index (κ2) is 8.65. The van der Waals surface area contributed by atoms with Crippen LogP contribution in [-0.4, -0.2) is 25.9 Å². The third-order valence-corrected chi connectivity index (χ3v) is 4.77. The molecule has 2 aromatic carbocycles. The highest BCUT2D eigenvalue weighted by Crippen LogP contribution is 2.25. The van der Waals surface area contributed by atoms with E-state index < -0.39 is 0 Å². The van der Waals surface area contributed by atoms with Crippen molar-refractivity contribution in [3.05, 3.63) is 95.7 Å². The molecule has 0 aliphatic carbocycles. The Labute approximate surface area is 173 Å². The van der Waals surface area contributed by atoms with Gasteiger partial charge in [-0.3, -0.25) is 9.78 Å². The highest BCUT2D eigenvalue weighted by molar-refractivity contribution is 5.98. The molecule has 0 fully saturated rings. The van der Waals surface area contributed by atoms with Crippen molar-refractivity contribution >= 4 is 5.91 Å². The molecule has 30 heavy (non-hydrogen) atoms. The van der Waals surface area contributed by atoms with E-state index in [0.717, 1.165) is 28.8 Å².